The molecule has 0 saturated carbocycles. The Labute approximate surface area is 92.6 Å². The number of benzene rings is 1. The topological polar surface area (TPSA) is 49.7 Å². The maximum Gasteiger partial charge on any atom is 0.488 e. The Morgan fingerprint density at radius 3 is 2.40 bits per heavy atom. The molecule has 15 heavy (non-hydrogen) atoms. The van der Waals surface area contributed by atoms with Gasteiger partial charge in [-0.2, -0.15) is 0 Å². The quantitative estimate of drug-likeness (QED) is 0.763. The van der Waals surface area contributed by atoms with Crippen molar-refractivity contribution in [2.24, 2.45) is 0 Å². The van der Waals surface area contributed by atoms with E-state index in [1.807, 2.05) is 0 Å². The lowest BCUT2D eigenvalue weighted by molar-refractivity contribution is 0.231. The maximum absolute atomic E-state index is 13.4. The van der Waals surface area contributed by atoms with Crippen LogP contribution in [0.5, 0.6) is 5.75 Å². The summed E-state index contributed by atoms with van der Waals surface area (Å²) in [4.78, 5) is 0. The Kier molecular flexibility index (Phi) is 3.96. The molecule has 0 bridgehead atoms. The molecule has 0 saturated heterocycles. The van der Waals surface area contributed by atoms with Crippen LogP contribution in [0.3, 0.4) is 0 Å². The van der Waals surface area contributed by atoms with Gasteiger partial charge in [0.05, 0.1) is 11.1 Å². The molecule has 0 atom stereocenters. The molecule has 1 rings (SSSR count). The summed E-state index contributed by atoms with van der Waals surface area (Å²) in [6.45, 7) is 3.48. The van der Waals surface area contributed by atoms with Crippen molar-refractivity contribution in [3.63, 3.8) is 0 Å². The van der Waals surface area contributed by atoms with Gasteiger partial charge in [-0.05, 0) is 31.4 Å². The first-order valence-corrected chi connectivity index (χ1v) is 4.81. The minimum atomic E-state index is -1.75. The van der Waals surface area contributed by atoms with Gasteiger partial charge in [-0.25, -0.2) is 4.39 Å². The van der Waals surface area contributed by atoms with E-state index in [-0.39, 0.29) is 22.3 Å². The van der Waals surface area contributed by atoms with Crippen LogP contribution in [0.1, 0.15) is 13.8 Å². The molecular formula is C9H11BClFO3. The lowest BCUT2D eigenvalue weighted by Crippen LogP contribution is -2.30. The molecule has 0 heterocycles. The lowest BCUT2D eigenvalue weighted by Gasteiger charge is -2.13. The summed E-state index contributed by atoms with van der Waals surface area (Å²) < 4.78 is 18.5. The highest BCUT2D eigenvalue weighted by Crippen LogP contribution is 2.27. The van der Waals surface area contributed by atoms with Crippen LogP contribution in [-0.2, 0) is 0 Å². The van der Waals surface area contributed by atoms with Crippen LogP contribution < -0.4 is 10.2 Å². The van der Waals surface area contributed by atoms with Crippen molar-refractivity contribution in [1.29, 1.82) is 0 Å². The fraction of sp³-hybridized carbons (Fsp3) is 0.333. The van der Waals surface area contributed by atoms with Gasteiger partial charge in [-0.3, -0.25) is 0 Å². The van der Waals surface area contributed by atoms with Gasteiger partial charge in [-0.1, -0.05) is 11.6 Å². The highest BCUT2D eigenvalue weighted by molar-refractivity contribution is 6.59. The van der Waals surface area contributed by atoms with E-state index in [0.717, 1.165) is 6.07 Å². The lowest BCUT2D eigenvalue weighted by atomic mass is 9.80. The van der Waals surface area contributed by atoms with Crippen LogP contribution in [0.2, 0.25) is 5.02 Å². The van der Waals surface area contributed by atoms with Gasteiger partial charge in [0.25, 0.3) is 0 Å². The van der Waals surface area contributed by atoms with Gasteiger partial charge in [0.1, 0.15) is 0 Å². The fourth-order valence-corrected chi connectivity index (χ4v) is 1.34. The fourth-order valence-electron chi connectivity index (χ4n) is 1.08. The molecule has 3 nitrogen and oxygen atoms in total. The molecule has 0 aromatic heterocycles. The Bertz CT molecular complexity index is 334. The number of hydrogen-bond donors (Lipinski definition) is 2. The van der Waals surface area contributed by atoms with Crippen LogP contribution in [-0.4, -0.2) is 23.3 Å². The molecule has 2 N–H and O–H groups in total. The van der Waals surface area contributed by atoms with E-state index in [4.69, 9.17) is 26.4 Å². The minimum absolute atomic E-state index is 0.00592. The van der Waals surface area contributed by atoms with Crippen LogP contribution in [0.4, 0.5) is 4.39 Å². The van der Waals surface area contributed by atoms with Crippen molar-refractivity contribution in [2.75, 3.05) is 0 Å². The Hall–Kier alpha value is -0.775. The number of hydrogen-bond acceptors (Lipinski definition) is 3. The summed E-state index contributed by atoms with van der Waals surface area (Å²) in [5.41, 5.74) is -0.00592. The molecule has 1 aromatic carbocycles. The van der Waals surface area contributed by atoms with Gasteiger partial charge >= 0.3 is 7.12 Å². The molecule has 0 fully saturated rings. The predicted molar refractivity (Wildman–Crippen MR) is 57.0 cm³/mol. The van der Waals surface area contributed by atoms with E-state index in [9.17, 15) is 4.39 Å². The Balaban J connectivity index is 3.10. The van der Waals surface area contributed by atoms with E-state index in [1.54, 1.807) is 13.8 Å². The zero-order valence-electron chi connectivity index (χ0n) is 8.37. The number of rotatable bonds is 3. The smallest absolute Gasteiger partial charge is 0.486 e. The van der Waals surface area contributed by atoms with Crippen molar-refractivity contribution < 1.29 is 19.2 Å². The van der Waals surface area contributed by atoms with E-state index in [1.165, 1.54) is 6.07 Å². The molecule has 0 spiro atoms. The zero-order chi connectivity index (χ0) is 11.6. The highest BCUT2D eigenvalue weighted by atomic mass is 35.5. The third-order valence-corrected chi connectivity index (χ3v) is 1.95. The zero-order valence-corrected chi connectivity index (χ0v) is 9.12. The summed E-state index contributed by atoms with van der Waals surface area (Å²) in [7, 11) is -1.75. The summed E-state index contributed by atoms with van der Waals surface area (Å²) in [5.74, 6) is -0.782. The molecular weight excluding hydrogens is 221 g/mol. The van der Waals surface area contributed by atoms with Crippen molar-refractivity contribution in [3.05, 3.63) is 23.0 Å². The largest absolute Gasteiger partial charge is 0.488 e. The van der Waals surface area contributed by atoms with Crippen LogP contribution in [0.25, 0.3) is 0 Å². The second-order valence-electron chi connectivity index (χ2n) is 3.35. The number of ether oxygens (including phenoxy) is 1. The monoisotopic (exact) mass is 232 g/mol. The van der Waals surface area contributed by atoms with Crippen LogP contribution >= 0.6 is 11.6 Å². The Morgan fingerprint density at radius 1 is 1.40 bits per heavy atom. The summed E-state index contributed by atoms with van der Waals surface area (Å²) in [5, 5.41) is 17.7. The molecule has 82 valence electrons. The first-order chi connectivity index (χ1) is 6.91. The molecule has 1 aromatic rings. The second-order valence-corrected chi connectivity index (χ2v) is 3.76. The molecule has 0 aliphatic rings. The third-order valence-electron chi connectivity index (χ3n) is 1.67. The van der Waals surface area contributed by atoms with E-state index in [0.29, 0.717) is 0 Å². The summed E-state index contributed by atoms with van der Waals surface area (Å²) in [6, 6.07) is 2.24. The van der Waals surface area contributed by atoms with E-state index >= 15 is 0 Å². The van der Waals surface area contributed by atoms with Crippen molar-refractivity contribution >= 4 is 24.2 Å². The molecule has 0 amide bonds. The van der Waals surface area contributed by atoms with Gasteiger partial charge in [-0.15, -0.1) is 0 Å². The summed E-state index contributed by atoms with van der Waals surface area (Å²) >= 11 is 5.74. The first kappa shape index (κ1) is 12.3. The molecule has 0 radical (unpaired) electrons. The molecule has 6 heteroatoms. The standard InChI is InChI=1S/C9H11BClFO3/c1-5(2)15-9-7(11)3-6(10(13)14)4-8(9)12/h3-5,13-14H,1-2H3. The molecule has 0 aliphatic heterocycles. The highest BCUT2D eigenvalue weighted by Gasteiger charge is 2.18. The predicted octanol–water partition coefficient (Wildman–Crippen LogP) is 0.946. The SMILES string of the molecule is CC(C)Oc1c(F)cc(B(O)O)cc1Cl. The first-order valence-electron chi connectivity index (χ1n) is 4.43. The summed E-state index contributed by atoms with van der Waals surface area (Å²) in [6.07, 6.45) is -0.207. The minimum Gasteiger partial charge on any atom is -0.486 e. The number of halogens is 2. The third kappa shape index (κ3) is 3.09. The average molecular weight is 232 g/mol. The Morgan fingerprint density at radius 2 is 2.00 bits per heavy atom. The van der Waals surface area contributed by atoms with Crippen LogP contribution in [0.15, 0.2) is 12.1 Å². The van der Waals surface area contributed by atoms with E-state index in [2.05, 4.69) is 0 Å². The van der Waals surface area contributed by atoms with Crippen molar-refractivity contribution in [3.8, 4) is 5.75 Å². The van der Waals surface area contributed by atoms with Gasteiger partial charge in [0, 0.05) is 0 Å². The molecule has 0 unspecified atom stereocenters. The van der Waals surface area contributed by atoms with Crippen molar-refractivity contribution in [2.45, 2.75) is 20.0 Å². The van der Waals surface area contributed by atoms with E-state index < -0.39 is 12.9 Å². The maximum atomic E-state index is 13.4. The normalized spacial score (nSPS) is 10.6. The molecule has 0 aliphatic carbocycles. The van der Waals surface area contributed by atoms with Crippen molar-refractivity contribution in [1.82, 2.24) is 0 Å². The van der Waals surface area contributed by atoms with Gasteiger partial charge in [0.15, 0.2) is 11.6 Å². The van der Waals surface area contributed by atoms with Crippen LogP contribution in [0, 0.1) is 5.82 Å². The average Bonchev–Trinajstić information content (AvgIpc) is 2.10. The second kappa shape index (κ2) is 4.83. The van der Waals surface area contributed by atoms with Gasteiger partial charge < -0.3 is 14.8 Å². The van der Waals surface area contributed by atoms with Gasteiger partial charge in [0.2, 0.25) is 0 Å².